The molecular weight excluding hydrogens is 687 g/mol. The van der Waals surface area contributed by atoms with E-state index in [0.29, 0.717) is 33.0 Å². The number of nitrogens with zero attached hydrogens (tertiary/aromatic N) is 6. The quantitative estimate of drug-likeness (QED) is 0.133. The zero-order valence-corrected chi connectivity index (χ0v) is 29.9. The molecule has 0 spiro atoms. The van der Waals surface area contributed by atoms with E-state index in [9.17, 15) is 9.59 Å². The highest BCUT2D eigenvalue weighted by molar-refractivity contribution is 6.45. The van der Waals surface area contributed by atoms with E-state index in [1.165, 1.54) is 28.3 Å². The van der Waals surface area contributed by atoms with Crippen molar-refractivity contribution in [1.29, 1.82) is 0 Å². The van der Waals surface area contributed by atoms with Gasteiger partial charge in [0.05, 0.1) is 11.4 Å². The van der Waals surface area contributed by atoms with Crippen molar-refractivity contribution >= 4 is 46.4 Å². The molecule has 16 heteroatoms. The zero-order chi connectivity index (χ0) is 36.5. The number of oxime groups is 2. The first kappa shape index (κ1) is 38.8. The molecule has 0 radical (unpaired) electrons. The lowest BCUT2D eigenvalue weighted by atomic mass is 10.1. The second-order valence-corrected chi connectivity index (χ2v) is 10.8. The molecule has 4 rings (SSSR count). The Balaban J connectivity index is 0.000000270. The Morgan fingerprint density at radius 2 is 1.04 bits per heavy atom. The lowest BCUT2D eigenvalue weighted by molar-refractivity contribution is -0.115. The number of hydrogen-bond donors (Lipinski definition) is 2. The van der Waals surface area contributed by atoms with Gasteiger partial charge in [-0.25, -0.2) is 9.36 Å². The Morgan fingerprint density at radius 1 is 0.680 bits per heavy atom. The van der Waals surface area contributed by atoms with E-state index in [0.717, 1.165) is 11.4 Å². The summed E-state index contributed by atoms with van der Waals surface area (Å²) >= 11 is 11.8. The number of carbonyl (C=O) groups is 2. The third-order valence-electron chi connectivity index (χ3n) is 6.55. The Bertz CT molecular complexity index is 1700. The fourth-order valence-electron chi connectivity index (χ4n) is 3.95. The van der Waals surface area contributed by atoms with Crippen LogP contribution in [-0.4, -0.2) is 84.3 Å². The van der Waals surface area contributed by atoms with Crippen molar-refractivity contribution in [3.63, 3.8) is 0 Å². The van der Waals surface area contributed by atoms with Gasteiger partial charge in [0.1, 0.15) is 27.4 Å². The third kappa shape index (κ3) is 11.8. The number of amides is 2. The largest absolute Gasteiger partial charge is 0.472 e. The van der Waals surface area contributed by atoms with Gasteiger partial charge in [0, 0.05) is 48.7 Å². The van der Waals surface area contributed by atoms with Gasteiger partial charge in [-0.2, -0.15) is 0 Å². The molecule has 0 unspecified atom stereocenters. The highest BCUT2D eigenvalue weighted by atomic mass is 35.5. The number of nitrogens with one attached hydrogen (secondary N) is 2. The predicted octanol–water partition coefficient (Wildman–Crippen LogP) is 5.20. The van der Waals surface area contributed by atoms with Crippen molar-refractivity contribution in [2.24, 2.45) is 10.3 Å². The minimum absolute atomic E-state index is 0.195. The molecule has 14 nitrogen and oxygen atoms in total. The standard InChI is InChI=1S/2C17H19ClN4O3/c2*1-12(16(21-24-3)17(23)19-2)9-11-25-15-8-10-22(20-15)14-6-4-13(18)5-7-14/h2*4-10H,11H2,1-3H3,(H,19,23)/b2*12-9-,21-16+. The number of benzene rings is 2. The minimum atomic E-state index is -0.331. The van der Waals surface area contributed by atoms with Gasteiger partial charge < -0.3 is 29.8 Å². The normalized spacial score (nSPS) is 12.0. The second kappa shape index (κ2) is 20.0. The maximum Gasteiger partial charge on any atom is 0.273 e. The van der Waals surface area contributed by atoms with Gasteiger partial charge in [0.15, 0.2) is 11.4 Å². The average molecular weight is 726 g/mol. The van der Waals surface area contributed by atoms with Crippen molar-refractivity contribution in [3.05, 3.63) is 106 Å². The van der Waals surface area contributed by atoms with E-state index in [4.69, 9.17) is 42.4 Å². The summed E-state index contributed by atoms with van der Waals surface area (Å²) in [6, 6.07) is 18.1. The number of ether oxygens (including phenoxy) is 2. The number of hydrogen-bond acceptors (Lipinski definition) is 10. The van der Waals surface area contributed by atoms with Crippen LogP contribution in [0.1, 0.15) is 13.8 Å². The summed E-state index contributed by atoms with van der Waals surface area (Å²) in [5.41, 5.74) is 3.41. The Kier molecular flexibility index (Phi) is 15.6. The van der Waals surface area contributed by atoms with Crippen molar-refractivity contribution in [2.45, 2.75) is 13.8 Å². The number of aromatic nitrogens is 4. The molecule has 0 aliphatic heterocycles. The molecule has 0 bridgehead atoms. The summed E-state index contributed by atoms with van der Waals surface area (Å²) in [4.78, 5) is 32.9. The van der Waals surface area contributed by atoms with Gasteiger partial charge in [0.25, 0.3) is 11.8 Å². The number of halogens is 2. The third-order valence-corrected chi connectivity index (χ3v) is 7.05. The van der Waals surface area contributed by atoms with E-state index in [2.05, 4.69) is 31.1 Å². The van der Waals surface area contributed by atoms with Crippen LogP contribution in [0.3, 0.4) is 0 Å². The summed E-state index contributed by atoms with van der Waals surface area (Å²) in [5, 5.41) is 22.4. The molecule has 2 N–H and O–H groups in total. The summed E-state index contributed by atoms with van der Waals surface area (Å²) in [5.74, 6) is 0.263. The molecule has 2 aromatic carbocycles. The van der Waals surface area contributed by atoms with Crippen LogP contribution in [0.2, 0.25) is 10.0 Å². The van der Waals surface area contributed by atoms with Crippen LogP contribution in [0.15, 0.2) is 107 Å². The first-order chi connectivity index (χ1) is 24.1. The zero-order valence-electron chi connectivity index (χ0n) is 28.4. The van der Waals surface area contributed by atoms with Gasteiger partial charge in [0.2, 0.25) is 11.8 Å². The molecule has 2 heterocycles. The molecule has 50 heavy (non-hydrogen) atoms. The van der Waals surface area contributed by atoms with Gasteiger partial charge in [-0.15, -0.1) is 10.2 Å². The predicted molar refractivity (Wildman–Crippen MR) is 193 cm³/mol. The highest BCUT2D eigenvalue weighted by Crippen LogP contribution is 2.17. The van der Waals surface area contributed by atoms with Gasteiger partial charge >= 0.3 is 0 Å². The van der Waals surface area contributed by atoms with Gasteiger partial charge in [-0.3, -0.25) is 9.59 Å². The maximum atomic E-state index is 11.7. The van der Waals surface area contributed by atoms with Crippen LogP contribution in [0, 0.1) is 0 Å². The van der Waals surface area contributed by atoms with Crippen molar-refractivity contribution in [3.8, 4) is 23.1 Å². The first-order valence-electron chi connectivity index (χ1n) is 15.0. The molecule has 0 aliphatic carbocycles. The van der Waals surface area contributed by atoms with Crippen LogP contribution in [-0.2, 0) is 19.3 Å². The molecular formula is C34H38Cl2N8O6. The first-order valence-corrected chi connectivity index (χ1v) is 15.7. The van der Waals surface area contributed by atoms with Crippen molar-refractivity contribution < 1.29 is 28.7 Å². The molecule has 0 saturated carbocycles. The lowest BCUT2D eigenvalue weighted by Crippen LogP contribution is -2.28. The van der Waals surface area contributed by atoms with E-state index >= 15 is 0 Å². The fourth-order valence-corrected chi connectivity index (χ4v) is 4.20. The minimum Gasteiger partial charge on any atom is -0.472 e. The summed E-state index contributed by atoms with van der Waals surface area (Å²) in [6.07, 6.45) is 7.04. The summed E-state index contributed by atoms with van der Waals surface area (Å²) in [6.45, 7) is 3.98. The number of rotatable bonds is 14. The molecule has 0 fully saturated rings. The summed E-state index contributed by atoms with van der Waals surface area (Å²) in [7, 11) is 5.83. The molecule has 2 aromatic heterocycles. The molecule has 0 aliphatic rings. The average Bonchev–Trinajstić information content (AvgIpc) is 3.80. The van der Waals surface area contributed by atoms with Crippen LogP contribution in [0.4, 0.5) is 0 Å². The molecule has 2 amide bonds. The molecule has 0 saturated heterocycles. The van der Waals surface area contributed by atoms with E-state index in [-0.39, 0.29) is 36.5 Å². The van der Waals surface area contributed by atoms with Crippen LogP contribution >= 0.6 is 23.2 Å². The van der Waals surface area contributed by atoms with Crippen molar-refractivity contribution in [1.82, 2.24) is 30.2 Å². The topological polar surface area (TPSA) is 155 Å². The van der Waals surface area contributed by atoms with E-state index < -0.39 is 0 Å². The molecule has 264 valence electrons. The second-order valence-electron chi connectivity index (χ2n) is 9.95. The van der Waals surface area contributed by atoms with Crippen molar-refractivity contribution in [2.75, 3.05) is 41.5 Å². The van der Waals surface area contributed by atoms with Gasteiger partial charge in [-0.1, -0.05) is 33.5 Å². The Labute approximate surface area is 299 Å². The Hall–Kier alpha value is -5.60. The van der Waals surface area contributed by atoms with E-state index in [1.54, 1.807) is 84.2 Å². The monoisotopic (exact) mass is 724 g/mol. The molecule has 0 atom stereocenters. The fraction of sp³-hybridized carbons (Fsp3) is 0.235. The lowest BCUT2D eigenvalue weighted by Gasteiger charge is -2.05. The van der Waals surface area contributed by atoms with E-state index in [1.807, 2.05) is 24.3 Å². The molecule has 4 aromatic rings. The SMILES string of the molecule is CNC(=O)C(=N/OC)/C(C)=C\COc1ccn(-c2ccc(Cl)cc2)n1.CNC(=O)C(=N/OC)/C(C)=C\COc1ccn(-c2ccc(Cl)cc2)n1. The van der Waals surface area contributed by atoms with Crippen LogP contribution < -0.4 is 20.1 Å². The Morgan fingerprint density at radius 3 is 1.36 bits per heavy atom. The number of carbonyl (C=O) groups excluding carboxylic acids is 2. The highest BCUT2D eigenvalue weighted by Gasteiger charge is 2.14. The van der Waals surface area contributed by atoms with Crippen LogP contribution in [0.5, 0.6) is 11.8 Å². The van der Waals surface area contributed by atoms with Gasteiger partial charge in [-0.05, 0) is 85.7 Å². The summed E-state index contributed by atoms with van der Waals surface area (Å²) < 4.78 is 14.5. The maximum absolute atomic E-state index is 11.7. The van der Waals surface area contributed by atoms with Crippen LogP contribution in [0.25, 0.3) is 11.4 Å². The smallest absolute Gasteiger partial charge is 0.273 e.